The van der Waals surface area contributed by atoms with E-state index in [9.17, 15) is 4.79 Å². The predicted octanol–water partition coefficient (Wildman–Crippen LogP) is 3.24. The number of methoxy groups -OCH3 is 1. The number of fused-ring (bicyclic) bond motifs is 1. The number of carbonyl (C=O) groups is 1. The topological polar surface area (TPSA) is 67.3 Å². The summed E-state index contributed by atoms with van der Waals surface area (Å²) in [6.45, 7) is 5.40. The average Bonchev–Trinajstić information content (AvgIpc) is 3.23. The Morgan fingerprint density at radius 1 is 1.35 bits per heavy atom. The average molecular weight is 391 g/mol. The summed E-state index contributed by atoms with van der Waals surface area (Å²) in [5, 5.41) is 5.89. The first-order chi connectivity index (χ1) is 12.5. The molecule has 8 heteroatoms. The second-order valence-corrected chi connectivity index (χ2v) is 8.16. The summed E-state index contributed by atoms with van der Waals surface area (Å²) in [6.07, 6.45) is 0. The van der Waals surface area contributed by atoms with Gasteiger partial charge in [0.15, 0.2) is 5.82 Å². The molecule has 0 aliphatic rings. The monoisotopic (exact) mass is 390 g/mol. The van der Waals surface area contributed by atoms with Crippen LogP contribution in [0.2, 0.25) is 0 Å². The lowest BCUT2D eigenvalue weighted by atomic mass is 10.2. The molecular formula is C18H22N4O2S2. The first kappa shape index (κ1) is 18.8. The van der Waals surface area contributed by atoms with E-state index in [4.69, 9.17) is 14.7 Å². The first-order valence-corrected chi connectivity index (χ1v) is 9.99. The van der Waals surface area contributed by atoms with Gasteiger partial charge in [-0.2, -0.15) is 0 Å². The van der Waals surface area contributed by atoms with Crippen LogP contribution in [0.5, 0.6) is 0 Å². The molecule has 0 fully saturated rings. The molecule has 0 bridgehead atoms. The molecule has 0 unspecified atom stereocenters. The molecular weight excluding hydrogens is 368 g/mol. The Morgan fingerprint density at radius 2 is 2.15 bits per heavy atom. The summed E-state index contributed by atoms with van der Waals surface area (Å²) >= 11 is 3.28. The highest BCUT2D eigenvalue weighted by Gasteiger charge is 2.19. The molecule has 0 saturated heterocycles. The van der Waals surface area contributed by atoms with Gasteiger partial charge in [0.1, 0.15) is 10.6 Å². The number of anilines is 1. The van der Waals surface area contributed by atoms with E-state index in [0.29, 0.717) is 19.0 Å². The Labute approximate surface area is 160 Å². The van der Waals surface area contributed by atoms with Crippen LogP contribution in [-0.4, -0.2) is 49.7 Å². The highest BCUT2D eigenvalue weighted by atomic mass is 32.1. The standard InChI is InChI=1S/C18H22N4O2S2/c1-11-12(2)26-18-15(11)17(20-16(21-18)13-6-5-9-25-13)22(3)10-14(23)19-7-8-24-4/h5-6,9H,7-8,10H2,1-4H3,(H,19,23). The fourth-order valence-electron chi connectivity index (χ4n) is 2.66. The van der Waals surface area contributed by atoms with Crippen LogP contribution in [0.1, 0.15) is 10.4 Å². The van der Waals surface area contributed by atoms with Crippen molar-refractivity contribution in [1.29, 1.82) is 0 Å². The van der Waals surface area contributed by atoms with E-state index in [2.05, 4.69) is 19.2 Å². The minimum absolute atomic E-state index is 0.0569. The van der Waals surface area contributed by atoms with Crippen LogP contribution in [0.15, 0.2) is 17.5 Å². The zero-order valence-electron chi connectivity index (χ0n) is 15.3. The van der Waals surface area contributed by atoms with Gasteiger partial charge in [0.25, 0.3) is 0 Å². The van der Waals surface area contributed by atoms with Crippen molar-refractivity contribution in [3.05, 3.63) is 28.0 Å². The van der Waals surface area contributed by atoms with Gasteiger partial charge in [-0.15, -0.1) is 22.7 Å². The number of carbonyl (C=O) groups excluding carboxylic acids is 1. The normalized spacial score (nSPS) is 11.1. The van der Waals surface area contributed by atoms with Crippen LogP contribution in [0.3, 0.4) is 0 Å². The quantitative estimate of drug-likeness (QED) is 0.628. The molecule has 3 rings (SSSR count). The summed E-state index contributed by atoms with van der Waals surface area (Å²) in [6, 6.07) is 4.01. The minimum atomic E-state index is -0.0569. The fourth-order valence-corrected chi connectivity index (χ4v) is 4.34. The van der Waals surface area contributed by atoms with E-state index >= 15 is 0 Å². The number of amides is 1. The molecule has 26 heavy (non-hydrogen) atoms. The fraction of sp³-hybridized carbons (Fsp3) is 0.389. The summed E-state index contributed by atoms with van der Waals surface area (Å²) in [7, 11) is 3.51. The van der Waals surface area contributed by atoms with Crippen molar-refractivity contribution in [2.45, 2.75) is 13.8 Å². The number of nitrogens with one attached hydrogen (secondary N) is 1. The van der Waals surface area contributed by atoms with Gasteiger partial charge in [-0.1, -0.05) is 6.07 Å². The highest BCUT2D eigenvalue weighted by molar-refractivity contribution is 7.19. The Bertz CT molecular complexity index is 906. The number of likely N-dealkylation sites (N-methyl/N-ethyl adjacent to an activating group) is 1. The van der Waals surface area contributed by atoms with Crippen molar-refractivity contribution in [3.63, 3.8) is 0 Å². The first-order valence-electron chi connectivity index (χ1n) is 8.29. The van der Waals surface area contributed by atoms with E-state index in [-0.39, 0.29) is 12.5 Å². The summed E-state index contributed by atoms with van der Waals surface area (Å²) in [5.74, 6) is 1.44. The van der Waals surface area contributed by atoms with E-state index < -0.39 is 0 Å². The Kier molecular flexibility index (Phi) is 5.85. The number of aromatic nitrogens is 2. The molecule has 1 N–H and O–H groups in total. The van der Waals surface area contributed by atoms with Crippen molar-refractivity contribution >= 4 is 44.6 Å². The SMILES string of the molecule is COCCNC(=O)CN(C)c1nc(-c2cccs2)nc2sc(C)c(C)c12. The predicted molar refractivity (Wildman–Crippen MR) is 108 cm³/mol. The van der Waals surface area contributed by atoms with E-state index in [0.717, 1.165) is 20.9 Å². The molecule has 3 aromatic rings. The third kappa shape index (κ3) is 3.87. The van der Waals surface area contributed by atoms with E-state index in [1.165, 1.54) is 10.4 Å². The van der Waals surface area contributed by atoms with Gasteiger partial charge >= 0.3 is 0 Å². The van der Waals surface area contributed by atoms with Crippen LogP contribution in [0, 0.1) is 13.8 Å². The molecule has 0 aromatic carbocycles. The second-order valence-electron chi connectivity index (χ2n) is 6.01. The van der Waals surface area contributed by atoms with Gasteiger partial charge in [-0.3, -0.25) is 4.79 Å². The van der Waals surface area contributed by atoms with Gasteiger partial charge < -0.3 is 15.0 Å². The van der Waals surface area contributed by atoms with Crippen molar-refractivity contribution in [3.8, 4) is 10.7 Å². The lowest BCUT2D eigenvalue weighted by molar-refractivity contribution is -0.119. The van der Waals surface area contributed by atoms with Crippen LogP contribution in [-0.2, 0) is 9.53 Å². The van der Waals surface area contributed by atoms with Crippen LogP contribution in [0.25, 0.3) is 20.9 Å². The van der Waals surface area contributed by atoms with Gasteiger partial charge in [0.2, 0.25) is 5.91 Å². The maximum absolute atomic E-state index is 12.2. The molecule has 3 aromatic heterocycles. The molecule has 138 valence electrons. The molecule has 0 saturated carbocycles. The molecule has 0 aliphatic heterocycles. The zero-order chi connectivity index (χ0) is 18.7. The highest BCUT2D eigenvalue weighted by Crippen LogP contribution is 2.36. The zero-order valence-corrected chi connectivity index (χ0v) is 17.0. The van der Waals surface area contributed by atoms with Gasteiger partial charge in [0.05, 0.1) is 23.4 Å². The largest absolute Gasteiger partial charge is 0.383 e. The molecule has 0 spiro atoms. The van der Waals surface area contributed by atoms with Crippen molar-refractivity contribution < 1.29 is 9.53 Å². The molecule has 0 atom stereocenters. The third-order valence-corrected chi connectivity index (χ3v) is 6.09. The lowest BCUT2D eigenvalue weighted by Gasteiger charge is -2.19. The smallest absolute Gasteiger partial charge is 0.239 e. The van der Waals surface area contributed by atoms with E-state index in [1.807, 2.05) is 29.5 Å². The molecule has 0 aliphatic carbocycles. The van der Waals surface area contributed by atoms with Crippen molar-refractivity contribution in [2.24, 2.45) is 0 Å². The number of thiophene rings is 2. The number of hydrogen-bond acceptors (Lipinski definition) is 7. The number of rotatable bonds is 7. The number of aryl methyl sites for hydroxylation is 2. The maximum Gasteiger partial charge on any atom is 0.239 e. The number of hydrogen-bond donors (Lipinski definition) is 1. The van der Waals surface area contributed by atoms with Crippen molar-refractivity contribution in [2.75, 3.05) is 38.8 Å². The third-order valence-electron chi connectivity index (χ3n) is 4.12. The molecule has 0 radical (unpaired) electrons. The lowest BCUT2D eigenvalue weighted by Crippen LogP contribution is -2.37. The number of nitrogens with zero attached hydrogens (tertiary/aromatic N) is 3. The summed E-state index contributed by atoms with van der Waals surface area (Å²) in [5.41, 5.74) is 1.17. The molecule has 1 amide bonds. The Morgan fingerprint density at radius 3 is 2.85 bits per heavy atom. The Balaban J connectivity index is 1.96. The summed E-state index contributed by atoms with van der Waals surface area (Å²) in [4.78, 5) is 26.8. The maximum atomic E-state index is 12.2. The van der Waals surface area contributed by atoms with Crippen LogP contribution < -0.4 is 10.2 Å². The van der Waals surface area contributed by atoms with Gasteiger partial charge in [-0.05, 0) is 30.9 Å². The molecule has 3 heterocycles. The van der Waals surface area contributed by atoms with Crippen LogP contribution in [0.4, 0.5) is 5.82 Å². The van der Waals surface area contributed by atoms with Gasteiger partial charge in [-0.25, -0.2) is 9.97 Å². The number of ether oxygens (including phenoxy) is 1. The van der Waals surface area contributed by atoms with E-state index in [1.54, 1.807) is 29.8 Å². The summed E-state index contributed by atoms with van der Waals surface area (Å²) < 4.78 is 4.97. The minimum Gasteiger partial charge on any atom is -0.383 e. The van der Waals surface area contributed by atoms with Crippen LogP contribution >= 0.6 is 22.7 Å². The second kappa shape index (κ2) is 8.11. The van der Waals surface area contributed by atoms with Gasteiger partial charge in [0, 0.05) is 25.6 Å². The Hall–Kier alpha value is -2.03. The molecule has 6 nitrogen and oxygen atoms in total. The van der Waals surface area contributed by atoms with Crippen molar-refractivity contribution in [1.82, 2.24) is 15.3 Å².